The Balaban J connectivity index is 1.34. The number of carbonyl (C=O) groups is 1. The van der Waals surface area contributed by atoms with Crippen LogP contribution in [0.2, 0.25) is 5.02 Å². The standard InChI is InChI=1S/C26H29ClN2O/c1-28-26(30)23-17-29(18-23)16-21-11-8-19(9-12-21)7-10-20-13-14-24(25(27)15-20)22-5-3-2-4-6-22/h8-9,11-15,22-23H,2-6,16-18H2,1H3,(H,28,30). The van der Waals surface area contributed by atoms with E-state index in [0.29, 0.717) is 5.92 Å². The summed E-state index contributed by atoms with van der Waals surface area (Å²) in [6.45, 7) is 2.54. The van der Waals surface area contributed by atoms with Crippen LogP contribution in [-0.2, 0) is 11.3 Å². The first-order valence-corrected chi connectivity index (χ1v) is 11.3. The average Bonchev–Trinajstić information content (AvgIpc) is 2.75. The zero-order valence-electron chi connectivity index (χ0n) is 17.6. The fraction of sp³-hybridized carbons (Fsp3) is 0.423. The zero-order chi connectivity index (χ0) is 20.9. The molecule has 1 heterocycles. The van der Waals surface area contributed by atoms with Crippen LogP contribution in [-0.4, -0.2) is 30.9 Å². The summed E-state index contributed by atoms with van der Waals surface area (Å²) in [6, 6.07) is 14.7. The van der Waals surface area contributed by atoms with Crippen molar-refractivity contribution in [3.63, 3.8) is 0 Å². The minimum absolute atomic E-state index is 0.136. The van der Waals surface area contributed by atoms with Gasteiger partial charge in [0, 0.05) is 42.8 Å². The largest absolute Gasteiger partial charge is 0.359 e. The molecule has 1 aliphatic heterocycles. The maximum atomic E-state index is 11.6. The van der Waals surface area contributed by atoms with Gasteiger partial charge in [-0.05, 0) is 54.2 Å². The number of nitrogens with zero attached hydrogens (tertiary/aromatic N) is 1. The first-order valence-electron chi connectivity index (χ1n) is 11.0. The van der Waals surface area contributed by atoms with Crippen molar-refractivity contribution in [1.29, 1.82) is 0 Å². The van der Waals surface area contributed by atoms with Gasteiger partial charge in [-0.2, -0.15) is 0 Å². The number of carbonyl (C=O) groups excluding carboxylic acids is 1. The lowest BCUT2D eigenvalue weighted by Crippen LogP contribution is -2.52. The van der Waals surface area contributed by atoms with Crippen LogP contribution < -0.4 is 5.32 Å². The van der Waals surface area contributed by atoms with Crippen molar-refractivity contribution in [2.24, 2.45) is 5.92 Å². The Morgan fingerprint density at radius 2 is 1.70 bits per heavy atom. The van der Waals surface area contributed by atoms with Gasteiger partial charge in [0.2, 0.25) is 5.91 Å². The van der Waals surface area contributed by atoms with E-state index in [2.05, 4.69) is 58.5 Å². The van der Waals surface area contributed by atoms with Gasteiger partial charge in [-0.15, -0.1) is 0 Å². The van der Waals surface area contributed by atoms with Gasteiger partial charge in [-0.1, -0.05) is 60.9 Å². The lowest BCUT2D eigenvalue weighted by molar-refractivity contribution is -0.129. The molecule has 156 valence electrons. The number of likely N-dealkylation sites (tertiary alicyclic amines) is 1. The molecule has 0 spiro atoms. The number of halogens is 1. The van der Waals surface area contributed by atoms with Crippen molar-refractivity contribution >= 4 is 17.5 Å². The van der Waals surface area contributed by atoms with E-state index >= 15 is 0 Å². The first kappa shape index (κ1) is 21.0. The molecule has 30 heavy (non-hydrogen) atoms. The molecular weight excluding hydrogens is 392 g/mol. The lowest BCUT2D eigenvalue weighted by atomic mass is 9.84. The third-order valence-corrected chi connectivity index (χ3v) is 6.66. The smallest absolute Gasteiger partial charge is 0.225 e. The van der Waals surface area contributed by atoms with Crippen LogP contribution in [0.1, 0.15) is 60.3 Å². The van der Waals surface area contributed by atoms with Gasteiger partial charge in [-0.3, -0.25) is 9.69 Å². The molecule has 2 aromatic carbocycles. The van der Waals surface area contributed by atoms with E-state index in [9.17, 15) is 4.79 Å². The molecule has 4 heteroatoms. The maximum absolute atomic E-state index is 11.6. The molecule has 0 unspecified atom stereocenters. The fourth-order valence-electron chi connectivity index (χ4n) is 4.51. The molecule has 1 amide bonds. The number of nitrogens with one attached hydrogen (secondary N) is 1. The Hall–Kier alpha value is -2.28. The minimum Gasteiger partial charge on any atom is -0.359 e. The predicted molar refractivity (Wildman–Crippen MR) is 123 cm³/mol. The second-order valence-corrected chi connectivity index (χ2v) is 8.93. The number of amides is 1. The second kappa shape index (κ2) is 9.69. The van der Waals surface area contributed by atoms with Crippen molar-refractivity contribution in [2.45, 2.75) is 44.6 Å². The highest BCUT2D eigenvalue weighted by molar-refractivity contribution is 6.31. The van der Waals surface area contributed by atoms with E-state index in [-0.39, 0.29) is 11.8 Å². The Morgan fingerprint density at radius 1 is 1.03 bits per heavy atom. The molecule has 4 rings (SSSR count). The lowest BCUT2D eigenvalue weighted by Gasteiger charge is -2.38. The molecule has 0 aromatic heterocycles. The summed E-state index contributed by atoms with van der Waals surface area (Å²) in [5.74, 6) is 7.39. The van der Waals surface area contributed by atoms with E-state index < -0.39 is 0 Å². The van der Waals surface area contributed by atoms with Crippen LogP contribution in [0.3, 0.4) is 0 Å². The monoisotopic (exact) mass is 420 g/mol. The molecule has 0 radical (unpaired) electrons. The van der Waals surface area contributed by atoms with Gasteiger partial charge in [0.05, 0.1) is 5.92 Å². The van der Waals surface area contributed by atoms with Gasteiger partial charge in [0.1, 0.15) is 0 Å². The van der Waals surface area contributed by atoms with E-state index in [1.165, 1.54) is 43.2 Å². The minimum atomic E-state index is 0.136. The summed E-state index contributed by atoms with van der Waals surface area (Å²) in [5, 5.41) is 3.58. The number of benzene rings is 2. The molecule has 3 nitrogen and oxygen atoms in total. The molecule has 2 fully saturated rings. The fourth-order valence-corrected chi connectivity index (χ4v) is 4.85. The topological polar surface area (TPSA) is 32.3 Å². The average molecular weight is 421 g/mol. The van der Waals surface area contributed by atoms with Gasteiger partial charge in [0.15, 0.2) is 0 Å². The third kappa shape index (κ3) is 5.06. The number of hydrogen-bond donors (Lipinski definition) is 1. The highest BCUT2D eigenvalue weighted by Crippen LogP contribution is 2.36. The predicted octanol–water partition coefficient (Wildman–Crippen LogP) is 4.97. The molecular formula is C26H29ClN2O. The Labute approximate surface area is 184 Å². The van der Waals surface area contributed by atoms with Crippen LogP contribution in [0, 0.1) is 17.8 Å². The van der Waals surface area contributed by atoms with Gasteiger partial charge >= 0.3 is 0 Å². The van der Waals surface area contributed by atoms with Gasteiger partial charge in [0.25, 0.3) is 0 Å². The molecule has 2 aromatic rings. The van der Waals surface area contributed by atoms with Crippen molar-refractivity contribution in [3.8, 4) is 11.8 Å². The van der Waals surface area contributed by atoms with E-state index in [1.807, 2.05) is 6.07 Å². The van der Waals surface area contributed by atoms with Crippen molar-refractivity contribution in [1.82, 2.24) is 10.2 Å². The number of rotatable bonds is 4. The summed E-state index contributed by atoms with van der Waals surface area (Å²) in [4.78, 5) is 13.9. The van der Waals surface area contributed by atoms with Crippen LogP contribution in [0.4, 0.5) is 0 Å². The summed E-state index contributed by atoms with van der Waals surface area (Å²) < 4.78 is 0. The molecule has 1 aliphatic carbocycles. The second-order valence-electron chi connectivity index (χ2n) is 8.52. The highest BCUT2D eigenvalue weighted by Gasteiger charge is 2.31. The SMILES string of the molecule is CNC(=O)C1CN(Cc2ccc(C#Cc3ccc(C4CCCCC4)c(Cl)c3)cc2)C1. The highest BCUT2D eigenvalue weighted by atomic mass is 35.5. The quantitative estimate of drug-likeness (QED) is 0.708. The summed E-state index contributed by atoms with van der Waals surface area (Å²) >= 11 is 6.57. The normalized spacial score (nSPS) is 17.7. The maximum Gasteiger partial charge on any atom is 0.225 e. The van der Waals surface area contributed by atoms with Crippen LogP contribution >= 0.6 is 11.6 Å². The van der Waals surface area contributed by atoms with Crippen LogP contribution in [0.15, 0.2) is 42.5 Å². The molecule has 1 saturated carbocycles. The zero-order valence-corrected chi connectivity index (χ0v) is 18.3. The molecule has 2 aliphatic rings. The third-order valence-electron chi connectivity index (χ3n) is 6.33. The molecule has 1 N–H and O–H groups in total. The van der Waals surface area contributed by atoms with Gasteiger partial charge in [-0.25, -0.2) is 0 Å². The molecule has 0 atom stereocenters. The number of hydrogen-bond acceptors (Lipinski definition) is 2. The van der Waals surface area contributed by atoms with Crippen LogP contribution in [0.5, 0.6) is 0 Å². The van der Waals surface area contributed by atoms with Crippen LogP contribution in [0.25, 0.3) is 0 Å². The van der Waals surface area contributed by atoms with Gasteiger partial charge < -0.3 is 5.32 Å². The molecule has 1 saturated heterocycles. The Morgan fingerprint density at radius 3 is 2.37 bits per heavy atom. The summed E-state index contributed by atoms with van der Waals surface area (Å²) in [7, 11) is 1.70. The summed E-state index contributed by atoms with van der Waals surface area (Å²) in [5.41, 5.74) is 4.49. The van der Waals surface area contributed by atoms with E-state index in [1.54, 1.807) is 7.05 Å². The van der Waals surface area contributed by atoms with E-state index in [4.69, 9.17) is 11.6 Å². The first-order chi connectivity index (χ1) is 14.6. The van der Waals surface area contributed by atoms with Crippen molar-refractivity contribution in [3.05, 3.63) is 69.7 Å². The van der Waals surface area contributed by atoms with Crippen molar-refractivity contribution < 1.29 is 4.79 Å². The Bertz CT molecular complexity index is 945. The summed E-state index contributed by atoms with van der Waals surface area (Å²) in [6.07, 6.45) is 6.48. The Kier molecular flexibility index (Phi) is 6.77. The molecule has 0 bridgehead atoms. The van der Waals surface area contributed by atoms with Crippen molar-refractivity contribution in [2.75, 3.05) is 20.1 Å². The van der Waals surface area contributed by atoms with E-state index in [0.717, 1.165) is 35.8 Å².